The second-order valence-corrected chi connectivity index (χ2v) is 4.17. The lowest BCUT2D eigenvalue weighted by molar-refractivity contribution is -0.125. The molecule has 0 spiro atoms. The van der Waals surface area contributed by atoms with Crippen molar-refractivity contribution in [2.24, 2.45) is 5.92 Å². The lowest BCUT2D eigenvalue weighted by atomic mass is 10.0. The molecule has 0 aliphatic heterocycles. The predicted molar refractivity (Wildman–Crippen MR) is 61.2 cm³/mol. The molecule has 16 heavy (non-hydrogen) atoms. The number of nitrogens with zero attached hydrogens (tertiary/aromatic N) is 1. The largest absolute Gasteiger partial charge is 0.441 e. The minimum absolute atomic E-state index is 0.0556. The van der Waals surface area contributed by atoms with Gasteiger partial charge in [0.15, 0.2) is 12.4 Å². The first-order chi connectivity index (χ1) is 7.69. The molecule has 0 atom stereocenters. The fraction of sp³-hybridized carbons (Fsp3) is 0.833. The maximum absolute atomic E-state index is 11.7. The van der Waals surface area contributed by atoms with E-state index in [2.05, 4.69) is 0 Å². The second-order valence-electron chi connectivity index (χ2n) is 4.17. The van der Waals surface area contributed by atoms with E-state index in [9.17, 15) is 9.59 Å². The molecule has 1 saturated carbocycles. The van der Waals surface area contributed by atoms with Crippen LogP contribution in [0.3, 0.4) is 0 Å². The number of amides is 1. The zero-order chi connectivity index (χ0) is 12.0. The van der Waals surface area contributed by atoms with Gasteiger partial charge < -0.3 is 9.64 Å². The summed E-state index contributed by atoms with van der Waals surface area (Å²) in [7, 11) is 0. The molecular formula is C12H21NO3. The van der Waals surface area contributed by atoms with Crippen LogP contribution in [-0.4, -0.2) is 36.5 Å². The molecule has 0 heterocycles. The van der Waals surface area contributed by atoms with E-state index in [4.69, 9.17) is 4.74 Å². The molecule has 1 amide bonds. The number of carbonyl (C=O) groups excluding carboxylic acids is 2. The number of rotatable bonds is 5. The van der Waals surface area contributed by atoms with Gasteiger partial charge in [-0.15, -0.1) is 0 Å². The van der Waals surface area contributed by atoms with Crippen LogP contribution in [0.5, 0.6) is 0 Å². The van der Waals surface area contributed by atoms with Crippen molar-refractivity contribution in [3.05, 3.63) is 0 Å². The fourth-order valence-electron chi connectivity index (χ4n) is 2.07. The Kier molecular flexibility index (Phi) is 5.29. The molecule has 0 saturated heterocycles. The third-order valence-corrected chi connectivity index (χ3v) is 3.17. The van der Waals surface area contributed by atoms with Crippen molar-refractivity contribution in [2.45, 2.75) is 39.5 Å². The van der Waals surface area contributed by atoms with Crippen molar-refractivity contribution in [2.75, 3.05) is 19.7 Å². The van der Waals surface area contributed by atoms with Crippen LogP contribution >= 0.6 is 0 Å². The number of hydrogen-bond donors (Lipinski definition) is 0. The first-order valence-electron chi connectivity index (χ1n) is 6.13. The Morgan fingerprint density at radius 1 is 1.19 bits per heavy atom. The predicted octanol–water partition coefficient (Wildman–Crippen LogP) is 2.22. The molecule has 0 aromatic rings. The summed E-state index contributed by atoms with van der Waals surface area (Å²) in [5.74, 6) is 0.211. The van der Waals surface area contributed by atoms with E-state index in [1.807, 2.05) is 13.8 Å². The molecule has 0 aromatic carbocycles. The van der Waals surface area contributed by atoms with Crippen LogP contribution in [0.1, 0.15) is 39.5 Å². The topological polar surface area (TPSA) is 46.6 Å². The SMILES string of the molecule is CCN(CC)C(=O)OCC(=O)C1CCCC1. The molecular weight excluding hydrogens is 206 g/mol. The maximum Gasteiger partial charge on any atom is 0.410 e. The van der Waals surface area contributed by atoms with Gasteiger partial charge >= 0.3 is 6.09 Å². The van der Waals surface area contributed by atoms with Crippen LogP contribution in [-0.2, 0) is 9.53 Å². The molecule has 1 rings (SSSR count). The number of carbonyl (C=O) groups is 2. The summed E-state index contributed by atoms with van der Waals surface area (Å²) >= 11 is 0. The first kappa shape index (κ1) is 13.0. The molecule has 0 radical (unpaired) electrons. The lowest BCUT2D eigenvalue weighted by Gasteiger charge is -2.18. The van der Waals surface area contributed by atoms with Gasteiger partial charge in [-0.3, -0.25) is 4.79 Å². The molecule has 92 valence electrons. The van der Waals surface area contributed by atoms with Gasteiger partial charge in [0.25, 0.3) is 0 Å². The highest BCUT2D eigenvalue weighted by atomic mass is 16.6. The minimum atomic E-state index is -0.378. The average Bonchev–Trinajstić information content (AvgIpc) is 2.81. The van der Waals surface area contributed by atoms with Gasteiger partial charge in [0.2, 0.25) is 0 Å². The Balaban J connectivity index is 2.27. The Bertz CT molecular complexity index is 229. The number of Topliss-reactive ketones (excluding diaryl/α,β-unsaturated/α-hetero) is 1. The highest BCUT2D eigenvalue weighted by Crippen LogP contribution is 2.25. The summed E-state index contributed by atoms with van der Waals surface area (Å²) in [6.07, 6.45) is 3.79. The zero-order valence-electron chi connectivity index (χ0n) is 10.2. The van der Waals surface area contributed by atoms with Crippen LogP contribution < -0.4 is 0 Å². The lowest BCUT2D eigenvalue weighted by Crippen LogP contribution is -2.33. The molecule has 1 aliphatic carbocycles. The van der Waals surface area contributed by atoms with E-state index in [0.717, 1.165) is 25.7 Å². The van der Waals surface area contributed by atoms with Gasteiger partial charge in [0.1, 0.15) is 0 Å². The van der Waals surface area contributed by atoms with E-state index in [-0.39, 0.29) is 24.4 Å². The molecule has 0 aromatic heterocycles. The van der Waals surface area contributed by atoms with Crippen molar-refractivity contribution in [3.63, 3.8) is 0 Å². The van der Waals surface area contributed by atoms with Crippen LogP contribution in [0, 0.1) is 5.92 Å². The van der Waals surface area contributed by atoms with Crippen molar-refractivity contribution >= 4 is 11.9 Å². The molecule has 4 heteroatoms. The summed E-state index contributed by atoms with van der Waals surface area (Å²) < 4.78 is 5.00. The molecule has 1 fully saturated rings. The number of ether oxygens (including phenoxy) is 1. The smallest absolute Gasteiger partial charge is 0.410 e. The van der Waals surface area contributed by atoms with Crippen LogP contribution in [0.15, 0.2) is 0 Å². The van der Waals surface area contributed by atoms with E-state index in [1.54, 1.807) is 4.90 Å². The van der Waals surface area contributed by atoms with Gasteiger partial charge in [-0.25, -0.2) is 4.79 Å². The first-order valence-corrected chi connectivity index (χ1v) is 6.13. The van der Waals surface area contributed by atoms with Crippen LogP contribution in [0.25, 0.3) is 0 Å². The summed E-state index contributed by atoms with van der Waals surface area (Å²) in [6, 6.07) is 0. The van der Waals surface area contributed by atoms with Crippen LogP contribution in [0.4, 0.5) is 4.79 Å². The Morgan fingerprint density at radius 2 is 1.75 bits per heavy atom. The zero-order valence-corrected chi connectivity index (χ0v) is 10.2. The van der Waals surface area contributed by atoms with Crippen molar-refractivity contribution in [1.29, 1.82) is 0 Å². The molecule has 0 N–H and O–H groups in total. The van der Waals surface area contributed by atoms with E-state index in [0.29, 0.717) is 13.1 Å². The average molecular weight is 227 g/mol. The minimum Gasteiger partial charge on any atom is -0.441 e. The molecule has 1 aliphatic rings. The number of ketones is 1. The van der Waals surface area contributed by atoms with Gasteiger partial charge in [-0.05, 0) is 26.7 Å². The number of hydrogen-bond acceptors (Lipinski definition) is 3. The van der Waals surface area contributed by atoms with Gasteiger partial charge in [0.05, 0.1) is 0 Å². The van der Waals surface area contributed by atoms with E-state index >= 15 is 0 Å². The third kappa shape index (κ3) is 3.51. The standard InChI is InChI=1S/C12H21NO3/c1-3-13(4-2)12(15)16-9-11(14)10-7-5-6-8-10/h10H,3-9H2,1-2H3. The van der Waals surface area contributed by atoms with Crippen molar-refractivity contribution in [1.82, 2.24) is 4.90 Å². The Hall–Kier alpha value is -1.06. The van der Waals surface area contributed by atoms with Gasteiger partial charge in [-0.1, -0.05) is 12.8 Å². The second kappa shape index (κ2) is 6.51. The summed E-state index contributed by atoms with van der Waals surface area (Å²) in [5.41, 5.74) is 0. The quantitative estimate of drug-likeness (QED) is 0.723. The molecule has 0 bridgehead atoms. The normalized spacial score (nSPS) is 16.1. The van der Waals surface area contributed by atoms with Gasteiger partial charge in [-0.2, -0.15) is 0 Å². The third-order valence-electron chi connectivity index (χ3n) is 3.17. The summed E-state index contributed by atoms with van der Waals surface area (Å²) in [6.45, 7) is 4.97. The van der Waals surface area contributed by atoms with Crippen molar-refractivity contribution < 1.29 is 14.3 Å². The summed E-state index contributed by atoms with van der Waals surface area (Å²) in [5, 5.41) is 0. The highest BCUT2D eigenvalue weighted by molar-refractivity contribution is 5.84. The molecule has 0 unspecified atom stereocenters. The van der Waals surface area contributed by atoms with E-state index in [1.165, 1.54) is 0 Å². The maximum atomic E-state index is 11.7. The molecule has 4 nitrogen and oxygen atoms in total. The highest BCUT2D eigenvalue weighted by Gasteiger charge is 2.24. The van der Waals surface area contributed by atoms with Crippen LogP contribution in [0.2, 0.25) is 0 Å². The monoisotopic (exact) mass is 227 g/mol. The summed E-state index contributed by atoms with van der Waals surface area (Å²) in [4.78, 5) is 24.7. The van der Waals surface area contributed by atoms with Gasteiger partial charge in [0, 0.05) is 19.0 Å². The fourth-order valence-corrected chi connectivity index (χ4v) is 2.07. The Morgan fingerprint density at radius 3 is 2.25 bits per heavy atom. The van der Waals surface area contributed by atoms with Crippen molar-refractivity contribution in [3.8, 4) is 0 Å². The Labute approximate surface area is 96.9 Å². The van der Waals surface area contributed by atoms with E-state index < -0.39 is 0 Å².